The summed E-state index contributed by atoms with van der Waals surface area (Å²) in [5, 5.41) is 7.85. The highest BCUT2D eigenvalue weighted by atomic mass is 79.9. The van der Waals surface area contributed by atoms with E-state index in [0.29, 0.717) is 18.6 Å². The zero-order chi connectivity index (χ0) is 14.3. The number of aromatic nitrogens is 2. The molecular formula is C13H24BrN3O2. The van der Waals surface area contributed by atoms with Gasteiger partial charge in [0.05, 0.1) is 36.1 Å². The van der Waals surface area contributed by atoms with E-state index in [-0.39, 0.29) is 0 Å². The largest absolute Gasteiger partial charge is 0.383 e. The average Bonchev–Trinajstić information content (AvgIpc) is 2.76. The van der Waals surface area contributed by atoms with Crippen LogP contribution in [0.15, 0.2) is 10.7 Å². The van der Waals surface area contributed by atoms with Gasteiger partial charge in [-0.25, -0.2) is 0 Å². The van der Waals surface area contributed by atoms with Crippen molar-refractivity contribution in [2.45, 2.75) is 32.4 Å². The van der Waals surface area contributed by atoms with E-state index in [9.17, 15) is 0 Å². The van der Waals surface area contributed by atoms with Crippen LogP contribution in [0.25, 0.3) is 0 Å². The fraction of sp³-hybridized carbons (Fsp3) is 0.769. The molecule has 0 aliphatic heterocycles. The van der Waals surface area contributed by atoms with Gasteiger partial charge >= 0.3 is 0 Å². The van der Waals surface area contributed by atoms with Gasteiger partial charge in [-0.05, 0) is 22.9 Å². The zero-order valence-corrected chi connectivity index (χ0v) is 13.7. The number of nitrogens with one attached hydrogen (secondary N) is 1. The second kappa shape index (κ2) is 8.68. The Bertz CT molecular complexity index is 371. The smallest absolute Gasteiger partial charge is 0.0658 e. The molecule has 0 spiro atoms. The quantitative estimate of drug-likeness (QED) is 0.702. The van der Waals surface area contributed by atoms with Gasteiger partial charge in [0.15, 0.2) is 0 Å². The minimum atomic E-state index is 0.351. The Hall–Kier alpha value is -0.430. The number of hydrogen-bond donors (Lipinski definition) is 1. The van der Waals surface area contributed by atoms with Crippen LogP contribution in [0.2, 0.25) is 0 Å². The first-order valence-corrected chi connectivity index (χ1v) is 7.33. The van der Waals surface area contributed by atoms with Crippen molar-refractivity contribution in [2.24, 2.45) is 0 Å². The van der Waals surface area contributed by atoms with Crippen LogP contribution in [0.5, 0.6) is 0 Å². The highest BCUT2D eigenvalue weighted by Crippen LogP contribution is 2.27. The summed E-state index contributed by atoms with van der Waals surface area (Å²) in [6, 6.07) is 0.351. The van der Waals surface area contributed by atoms with Crippen LogP contribution in [0.3, 0.4) is 0 Å². The fourth-order valence-corrected chi connectivity index (χ4v) is 2.64. The van der Waals surface area contributed by atoms with Crippen molar-refractivity contribution in [1.29, 1.82) is 0 Å². The molecule has 2 unspecified atom stereocenters. The van der Waals surface area contributed by atoms with Gasteiger partial charge in [0.25, 0.3) is 0 Å². The van der Waals surface area contributed by atoms with Crippen molar-refractivity contribution in [3.8, 4) is 0 Å². The number of methoxy groups -OCH3 is 2. The van der Waals surface area contributed by atoms with E-state index >= 15 is 0 Å². The first-order chi connectivity index (χ1) is 9.11. The topological polar surface area (TPSA) is 48.3 Å². The second-order valence-electron chi connectivity index (χ2n) is 4.62. The van der Waals surface area contributed by atoms with Gasteiger partial charge in [-0.3, -0.25) is 4.68 Å². The zero-order valence-electron chi connectivity index (χ0n) is 12.1. The Morgan fingerprint density at radius 2 is 2.00 bits per heavy atom. The molecule has 0 aliphatic rings. The van der Waals surface area contributed by atoms with E-state index in [1.165, 1.54) is 5.69 Å². The van der Waals surface area contributed by atoms with Gasteiger partial charge in [-0.2, -0.15) is 5.10 Å². The predicted molar refractivity (Wildman–Crippen MR) is 79.6 cm³/mol. The van der Waals surface area contributed by atoms with Gasteiger partial charge in [0.1, 0.15) is 0 Å². The fourth-order valence-electron chi connectivity index (χ4n) is 1.98. The maximum absolute atomic E-state index is 5.12. The van der Waals surface area contributed by atoms with Gasteiger partial charge in [-0.1, -0.05) is 6.92 Å². The summed E-state index contributed by atoms with van der Waals surface area (Å²) in [4.78, 5) is 0. The molecule has 0 aliphatic carbocycles. The molecule has 1 rings (SSSR count). The summed E-state index contributed by atoms with van der Waals surface area (Å²) in [5.74, 6) is 0.352. The van der Waals surface area contributed by atoms with Crippen LogP contribution in [0, 0.1) is 0 Å². The van der Waals surface area contributed by atoms with E-state index in [2.05, 4.69) is 40.2 Å². The normalized spacial score (nSPS) is 14.6. The van der Waals surface area contributed by atoms with E-state index in [0.717, 1.165) is 24.2 Å². The van der Waals surface area contributed by atoms with Crippen molar-refractivity contribution in [3.05, 3.63) is 16.4 Å². The summed E-state index contributed by atoms with van der Waals surface area (Å²) in [6.07, 6.45) is 1.85. The molecule has 0 amide bonds. The highest BCUT2D eigenvalue weighted by Gasteiger charge is 2.21. The third-order valence-corrected chi connectivity index (χ3v) is 3.91. The third kappa shape index (κ3) is 4.87. The predicted octanol–water partition coefficient (Wildman–Crippen LogP) is 2.02. The van der Waals surface area contributed by atoms with Crippen LogP contribution in [-0.2, 0) is 16.0 Å². The SMILES string of the molecule is COCCNC(C)C(C)c1c(Br)cnn1CCOC. The van der Waals surface area contributed by atoms with Gasteiger partial charge in [-0.15, -0.1) is 0 Å². The molecule has 5 nitrogen and oxygen atoms in total. The molecule has 0 radical (unpaired) electrons. The molecular weight excluding hydrogens is 310 g/mol. The minimum Gasteiger partial charge on any atom is -0.383 e. The molecule has 1 N–H and O–H groups in total. The summed E-state index contributed by atoms with van der Waals surface area (Å²) in [7, 11) is 3.42. The lowest BCUT2D eigenvalue weighted by atomic mass is 9.99. The van der Waals surface area contributed by atoms with Crippen molar-refractivity contribution < 1.29 is 9.47 Å². The van der Waals surface area contributed by atoms with Gasteiger partial charge in [0.2, 0.25) is 0 Å². The molecule has 0 saturated carbocycles. The number of halogens is 1. The molecule has 2 atom stereocenters. The molecule has 19 heavy (non-hydrogen) atoms. The number of nitrogens with zero attached hydrogens (tertiary/aromatic N) is 2. The van der Waals surface area contributed by atoms with Crippen molar-refractivity contribution in [1.82, 2.24) is 15.1 Å². The molecule has 0 bridgehead atoms. The number of ether oxygens (including phenoxy) is 2. The monoisotopic (exact) mass is 333 g/mol. The van der Waals surface area contributed by atoms with Crippen molar-refractivity contribution >= 4 is 15.9 Å². The Kier molecular flexibility index (Phi) is 7.60. The number of rotatable bonds is 9. The van der Waals surface area contributed by atoms with E-state index in [1.807, 2.05) is 10.9 Å². The minimum absolute atomic E-state index is 0.351. The van der Waals surface area contributed by atoms with E-state index in [1.54, 1.807) is 14.2 Å². The summed E-state index contributed by atoms with van der Waals surface area (Å²) in [5.41, 5.74) is 1.20. The standard InChI is InChI=1S/C13H24BrN3O2/c1-10(11(2)15-5-7-18-3)13-12(14)9-16-17(13)6-8-19-4/h9-11,15H,5-8H2,1-4H3. The maximum atomic E-state index is 5.12. The van der Waals surface area contributed by atoms with Crippen LogP contribution in [0.4, 0.5) is 0 Å². The molecule has 110 valence electrons. The first kappa shape index (κ1) is 16.6. The lowest BCUT2D eigenvalue weighted by Gasteiger charge is -2.23. The van der Waals surface area contributed by atoms with Crippen LogP contribution >= 0.6 is 15.9 Å². The Morgan fingerprint density at radius 3 is 2.63 bits per heavy atom. The van der Waals surface area contributed by atoms with Crippen molar-refractivity contribution in [2.75, 3.05) is 34.0 Å². The van der Waals surface area contributed by atoms with Crippen LogP contribution in [0.1, 0.15) is 25.5 Å². The Labute approximate surface area is 123 Å². The second-order valence-corrected chi connectivity index (χ2v) is 5.47. The summed E-state index contributed by atoms with van der Waals surface area (Å²) in [6.45, 7) is 7.40. The average molecular weight is 334 g/mol. The third-order valence-electron chi connectivity index (χ3n) is 3.29. The van der Waals surface area contributed by atoms with Crippen LogP contribution < -0.4 is 5.32 Å². The van der Waals surface area contributed by atoms with Gasteiger partial charge in [0, 0.05) is 32.7 Å². The van der Waals surface area contributed by atoms with Gasteiger partial charge < -0.3 is 14.8 Å². The van der Waals surface area contributed by atoms with Crippen LogP contribution in [-0.4, -0.2) is 49.8 Å². The lowest BCUT2D eigenvalue weighted by molar-refractivity contribution is 0.181. The molecule has 0 fully saturated rings. The van der Waals surface area contributed by atoms with E-state index in [4.69, 9.17) is 9.47 Å². The molecule has 6 heteroatoms. The Morgan fingerprint density at radius 1 is 1.32 bits per heavy atom. The highest BCUT2D eigenvalue weighted by molar-refractivity contribution is 9.10. The van der Waals surface area contributed by atoms with Crippen molar-refractivity contribution in [3.63, 3.8) is 0 Å². The summed E-state index contributed by atoms with van der Waals surface area (Å²) < 4.78 is 13.2. The maximum Gasteiger partial charge on any atom is 0.0658 e. The lowest BCUT2D eigenvalue weighted by Crippen LogP contribution is -2.34. The number of hydrogen-bond acceptors (Lipinski definition) is 4. The molecule has 0 saturated heterocycles. The molecule has 1 aromatic heterocycles. The molecule has 0 aromatic carbocycles. The molecule has 1 aromatic rings. The van der Waals surface area contributed by atoms with E-state index < -0.39 is 0 Å². The first-order valence-electron chi connectivity index (χ1n) is 6.54. The summed E-state index contributed by atoms with van der Waals surface area (Å²) >= 11 is 3.58. The molecule has 1 heterocycles. The Balaban J connectivity index is 2.68.